The van der Waals surface area contributed by atoms with Crippen LogP contribution in [0, 0.1) is 6.92 Å². The third kappa shape index (κ3) is 5.19. The van der Waals surface area contributed by atoms with E-state index >= 15 is 0 Å². The van der Waals surface area contributed by atoms with E-state index in [-0.39, 0.29) is 6.04 Å². The standard InChI is InChI=1S/C19H28N6O2/c1-14-6-4-5-7-16(14)27-11-10-21-19(20-2)22-15-8-9-18-23-17(13-26-3)24-25(18)12-15/h4-7,15H,8-13H2,1-3H3,(H2,20,21,22). The topological polar surface area (TPSA) is 85.6 Å². The van der Waals surface area contributed by atoms with E-state index in [1.807, 2.05) is 35.9 Å². The van der Waals surface area contributed by atoms with Crippen molar-refractivity contribution in [3.63, 3.8) is 0 Å². The molecule has 1 aliphatic rings. The fraction of sp³-hybridized carbons (Fsp3) is 0.526. The summed E-state index contributed by atoms with van der Waals surface area (Å²) in [5, 5.41) is 11.3. The van der Waals surface area contributed by atoms with E-state index in [1.165, 1.54) is 0 Å². The highest BCUT2D eigenvalue weighted by Crippen LogP contribution is 2.16. The maximum Gasteiger partial charge on any atom is 0.191 e. The van der Waals surface area contributed by atoms with Gasteiger partial charge in [0, 0.05) is 26.6 Å². The number of hydrogen-bond acceptors (Lipinski definition) is 5. The van der Waals surface area contributed by atoms with Gasteiger partial charge in [0.2, 0.25) is 0 Å². The highest BCUT2D eigenvalue weighted by Gasteiger charge is 2.22. The number of guanidine groups is 1. The minimum atomic E-state index is 0.262. The number of rotatable bonds is 7. The number of methoxy groups -OCH3 is 1. The molecule has 1 atom stereocenters. The Morgan fingerprint density at radius 1 is 1.37 bits per heavy atom. The molecule has 0 aliphatic carbocycles. The number of fused-ring (bicyclic) bond motifs is 1. The Labute approximate surface area is 160 Å². The van der Waals surface area contributed by atoms with Crippen molar-refractivity contribution in [1.29, 1.82) is 0 Å². The van der Waals surface area contributed by atoms with Gasteiger partial charge >= 0.3 is 0 Å². The van der Waals surface area contributed by atoms with Crippen LogP contribution in [-0.4, -0.2) is 54.1 Å². The van der Waals surface area contributed by atoms with E-state index in [0.29, 0.717) is 19.8 Å². The smallest absolute Gasteiger partial charge is 0.191 e. The zero-order valence-electron chi connectivity index (χ0n) is 16.2. The summed E-state index contributed by atoms with van der Waals surface area (Å²) in [6.07, 6.45) is 1.88. The average molecular weight is 372 g/mol. The Morgan fingerprint density at radius 2 is 2.22 bits per heavy atom. The summed E-state index contributed by atoms with van der Waals surface area (Å²) in [4.78, 5) is 8.82. The van der Waals surface area contributed by atoms with Crippen LogP contribution in [0.15, 0.2) is 29.3 Å². The lowest BCUT2D eigenvalue weighted by Gasteiger charge is -2.25. The highest BCUT2D eigenvalue weighted by molar-refractivity contribution is 5.79. The number of ether oxygens (including phenoxy) is 2. The third-order valence-electron chi connectivity index (χ3n) is 4.49. The summed E-state index contributed by atoms with van der Waals surface area (Å²) in [7, 11) is 3.43. The Morgan fingerprint density at radius 3 is 3.00 bits per heavy atom. The Bertz CT molecular complexity index is 773. The molecule has 0 radical (unpaired) electrons. The van der Waals surface area contributed by atoms with E-state index in [4.69, 9.17) is 9.47 Å². The number of nitrogens with one attached hydrogen (secondary N) is 2. The first kappa shape index (κ1) is 19.2. The number of aliphatic imine (C=N–C) groups is 1. The predicted molar refractivity (Wildman–Crippen MR) is 104 cm³/mol. The van der Waals surface area contributed by atoms with Crippen molar-refractivity contribution in [2.75, 3.05) is 27.3 Å². The van der Waals surface area contributed by atoms with Crippen molar-refractivity contribution in [2.45, 2.75) is 39.0 Å². The van der Waals surface area contributed by atoms with Gasteiger partial charge in [0.25, 0.3) is 0 Å². The molecule has 1 aliphatic heterocycles. The van der Waals surface area contributed by atoms with Crippen LogP contribution in [0.3, 0.4) is 0 Å². The van der Waals surface area contributed by atoms with Gasteiger partial charge in [-0.15, -0.1) is 0 Å². The van der Waals surface area contributed by atoms with E-state index in [2.05, 4.69) is 25.7 Å². The molecular formula is C19H28N6O2. The molecule has 0 fully saturated rings. The molecule has 27 heavy (non-hydrogen) atoms. The first-order chi connectivity index (χ1) is 13.2. The third-order valence-corrected chi connectivity index (χ3v) is 4.49. The van der Waals surface area contributed by atoms with Gasteiger partial charge in [-0.2, -0.15) is 5.10 Å². The highest BCUT2D eigenvalue weighted by atomic mass is 16.5. The van der Waals surface area contributed by atoms with E-state index in [0.717, 1.165) is 48.3 Å². The molecular weight excluding hydrogens is 344 g/mol. The average Bonchev–Trinajstić information content (AvgIpc) is 3.07. The van der Waals surface area contributed by atoms with Crippen LogP contribution in [0.2, 0.25) is 0 Å². The summed E-state index contributed by atoms with van der Waals surface area (Å²) < 4.78 is 12.9. The molecule has 8 heteroatoms. The van der Waals surface area contributed by atoms with Crippen molar-refractivity contribution in [3.8, 4) is 5.75 Å². The predicted octanol–water partition coefficient (Wildman–Crippen LogP) is 1.29. The normalized spacial score (nSPS) is 16.7. The lowest BCUT2D eigenvalue weighted by Crippen LogP contribution is -2.47. The fourth-order valence-corrected chi connectivity index (χ4v) is 3.11. The first-order valence-corrected chi connectivity index (χ1v) is 9.26. The zero-order valence-corrected chi connectivity index (χ0v) is 16.2. The first-order valence-electron chi connectivity index (χ1n) is 9.26. The molecule has 1 aromatic carbocycles. The SMILES string of the molecule is CN=C(NCCOc1ccccc1C)NC1CCc2nc(COC)nn2C1. The zero-order chi connectivity index (χ0) is 19.1. The second-order valence-electron chi connectivity index (χ2n) is 6.55. The molecule has 2 aromatic rings. The molecule has 0 saturated heterocycles. The maximum absolute atomic E-state index is 5.81. The lowest BCUT2D eigenvalue weighted by atomic mass is 10.1. The number of aryl methyl sites for hydroxylation is 2. The van der Waals surface area contributed by atoms with Crippen molar-refractivity contribution >= 4 is 5.96 Å². The minimum Gasteiger partial charge on any atom is -0.491 e. The Balaban J connectivity index is 1.44. The van der Waals surface area contributed by atoms with Gasteiger partial charge in [0.15, 0.2) is 11.8 Å². The molecule has 3 rings (SSSR count). The molecule has 0 spiro atoms. The summed E-state index contributed by atoms with van der Waals surface area (Å²) in [6.45, 7) is 4.51. The Hall–Kier alpha value is -2.61. The van der Waals surface area contributed by atoms with Crippen LogP contribution in [0.4, 0.5) is 0 Å². The van der Waals surface area contributed by atoms with Gasteiger partial charge in [0.1, 0.15) is 24.8 Å². The van der Waals surface area contributed by atoms with Gasteiger partial charge in [0.05, 0.1) is 13.1 Å². The minimum absolute atomic E-state index is 0.262. The van der Waals surface area contributed by atoms with Gasteiger partial charge in [-0.25, -0.2) is 9.67 Å². The largest absolute Gasteiger partial charge is 0.491 e. The molecule has 146 valence electrons. The second kappa shape index (κ2) is 9.36. The molecule has 0 amide bonds. The molecule has 2 N–H and O–H groups in total. The molecule has 0 bridgehead atoms. The van der Waals surface area contributed by atoms with Gasteiger partial charge in [-0.1, -0.05) is 18.2 Å². The molecule has 2 heterocycles. The number of hydrogen-bond donors (Lipinski definition) is 2. The quantitative estimate of drug-likeness (QED) is 0.433. The van der Waals surface area contributed by atoms with Crippen LogP contribution < -0.4 is 15.4 Å². The van der Waals surface area contributed by atoms with Crippen LogP contribution >= 0.6 is 0 Å². The lowest BCUT2D eigenvalue weighted by molar-refractivity contribution is 0.177. The molecule has 0 saturated carbocycles. The molecule has 1 aromatic heterocycles. The molecule has 1 unspecified atom stereocenters. The number of aromatic nitrogens is 3. The van der Waals surface area contributed by atoms with Gasteiger partial charge in [-0.05, 0) is 25.0 Å². The number of nitrogens with zero attached hydrogens (tertiary/aromatic N) is 4. The van der Waals surface area contributed by atoms with Crippen LogP contribution in [0.1, 0.15) is 23.6 Å². The van der Waals surface area contributed by atoms with Crippen LogP contribution in [0.25, 0.3) is 0 Å². The van der Waals surface area contributed by atoms with Crippen molar-refractivity contribution in [2.24, 2.45) is 4.99 Å². The molecule has 8 nitrogen and oxygen atoms in total. The Kier molecular flexibility index (Phi) is 6.64. The van der Waals surface area contributed by atoms with Gasteiger partial charge in [-0.3, -0.25) is 4.99 Å². The summed E-state index contributed by atoms with van der Waals surface area (Å²) >= 11 is 0. The van der Waals surface area contributed by atoms with Crippen molar-refractivity contribution in [1.82, 2.24) is 25.4 Å². The van der Waals surface area contributed by atoms with Crippen molar-refractivity contribution in [3.05, 3.63) is 41.5 Å². The van der Waals surface area contributed by atoms with E-state index in [9.17, 15) is 0 Å². The number of benzene rings is 1. The van der Waals surface area contributed by atoms with Crippen LogP contribution in [0.5, 0.6) is 5.75 Å². The summed E-state index contributed by atoms with van der Waals surface area (Å²) in [6, 6.07) is 8.28. The van der Waals surface area contributed by atoms with Crippen molar-refractivity contribution < 1.29 is 9.47 Å². The summed E-state index contributed by atoms with van der Waals surface area (Å²) in [5.74, 6) is 3.45. The monoisotopic (exact) mass is 372 g/mol. The van der Waals surface area contributed by atoms with E-state index in [1.54, 1.807) is 14.2 Å². The second-order valence-corrected chi connectivity index (χ2v) is 6.55. The maximum atomic E-state index is 5.81. The summed E-state index contributed by atoms with van der Waals surface area (Å²) in [5.41, 5.74) is 1.14. The van der Waals surface area contributed by atoms with E-state index < -0.39 is 0 Å². The van der Waals surface area contributed by atoms with Gasteiger partial charge < -0.3 is 20.1 Å². The number of para-hydroxylation sites is 1. The van der Waals surface area contributed by atoms with Crippen LogP contribution in [-0.2, 0) is 24.3 Å². The fourth-order valence-electron chi connectivity index (χ4n) is 3.11.